The molecule has 1 aromatic carbocycles. The topological polar surface area (TPSA) is 135 Å². The molecule has 1 unspecified atom stereocenters. The molecule has 5 N–H and O–H groups in total. The van der Waals surface area contributed by atoms with Crippen molar-refractivity contribution in [3.05, 3.63) is 35.4 Å². The molecule has 2 amide bonds. The van der Waals surface area contributed by atoms with E-state index in [9.17, 15) is 14.9 Å². The lowest BCUT2D eigenvalue weighted by Crippen LogP contribution is -2.54. The molecule has 2 saturated carbocycles. The number of amides is 2. The zero-order valence-corrected chi connectivity index (χ0v) is 23.3. The van der Waals surface area contributed by atoms with Gasteiger partial charge in [-0.15, -0.1) is 0 Å². The lowest BCUT2D eigenvalue weighted by Gasteiger charge is -2.35. The zero-order valence-electron chi connectivity index (χ0n) is 23.3. The summed E-state index contributed by atoms with van der Waals surface area (Å²) in [6.07, 6.45) is 13.4. The van der Waals surface area contributed by atoms with Crippen LogP contribution in [0.4, 0.5) is 0 Å². The first kappa shape index (κ1) is 28.9. The third kappa shape index (κ3) is 8.20. The average molecular weight is 535 g/mol. The summed E-state index contributed by atoms with van der Waals surface area (Å²) in [7, 11) is 0. The normalized spacial score (nSPS) is 20.9. The molecular weight excluding hydrogens is 488 g/mol. The molecule has 0 spiro atoms. The van der Waals surface area contributed by atoms with E-state index in [-0.39, 0.29) is 29.6 Å². The Morgan fingerprint density at radius 3 is 2.08 bits per heavy atom. The summed E-state index contributed by atoms with van der Waals surface area (Å²) >= 11 is 0. The van der Waals surface area contributed by atoms with Gasteiger partial charge in [0.05, 0.1) is 11.6 Å². The van der Waals surface area contributed by atoms with Crippen molar-refractivity contribution >= 4 is 17.8 Å². The van der Waals surface area contributed by atoms with Crippen LogP contribution >= 0.6 is 0 Å². The number of nitrogens with two attached hydrogens (primary N) is 1. The monoisotopic (exact) mass is 534 g/mol. The van der Waals surface area contributed by atoms with Crippen LogP contribution in [0.3, 0.4) is 0 Å². The van der Waals surface area contributed by atoms with Gasteiger partial charge in [-0.1, -0.05) is 50.7 Å². The van der Waals surface area contributed by atoms with Gasteiger partial charge in [-0.2, -0.15) is 5.26 Å². The molecule has 8 heteroatoms. The number of hydrogen-bond acceptors (Lipinski definition) is 4. The summed E-state index contributed by atoms with van der Waals surface area (Å²) in [6, 6.07) is 9.24. The Hall–Kier alpha value is -3.08. The largest absolute Gasteiger partial charge is 0.370 e. The van der Waals surface area contributed by atoms with E-state index < -0.39 is 6.04 Å². The molecule has 8 nitrogen and oxygen atoms in total. The van der Waals surface area contributed by atoms with E-state index in [1.54, 1.807) is 0 Å². The van der Waals surface area contributed by atoms with E-state index in [2.05, 4.69) is 16.7 Å². The number of carbonyl (C=O) groups is 2. The van der Waals surface area contributed by atoms with E-state index in [1.165, 1.54) is 12.8 Å². The van der Waals surface area contributed by atoms with Crippen molar-refractivity contribution < 1.29 is 9.59 Å². The standard InChI is InChI=1S/C31H46N6O2/c32-20-23-13-11-22(12-14-23)19-27(25-7-3-1-4-8-25)29(38)36-28(26-9-5-2-6-10-26)30(39)35-21-24-15-17-37(18-16-24)31(33)34/h11-14,24-28H,1-10,15-19,21H2,(H3,33,34)(H,35,39)(H,36,38)/t27?,28-/m0/s1. The molecule has 3 fully saturated rings. The van der Waals surface area contributed by atoms with Gasteiger partial charge >= 0.3 is 0 Å². The molecule has 1 aromatic rings. The van der Waals surface area contributed by atoms with Crippen molar-refractivity contribution in [2.75, 3.05) is 19.6 Å². The third-order valence-electron chi connectivity index (χ3n) is 9.32. The minimum absolute atomic E-state index is 0.00625. The van der Waals surface area contributed by atoms with Gasteiger partial charge in [-0.25, -0.2) is 0 Å². The van der Waals surface area contributed by atoms with Crippen LogP contribution in [-0.4, -0.2) is 48.3 Å². The zero-order chi connectivity index (χ0) is 27.6. The van der Waals surface area contributed by atoms with Gasteiger partial charge in [0.2, 0.25) is 11.8 Å². The maximum atomic E-state index is 14.0. The molecule has 212 valence electrons. The predicted octanol–water partition coefficient (Wildman–Crippen LogP) is 4.08. The van der Waals surface area contributed by atoms with E-state index in [1.807, 2.05) is 29.2 Å². The minimum atomic E-state index is -0.498. The number of nitriles is 1. The van der Waals surface area contributed by atoms with E-state index in [0.29, 0.717) is 30.4 Å². The fraction of sp³-hybridized carbons (Fsp3) is 0.677. The summed E-state index contributed by atoms with van der Waals surface area (Å²) in [5, 5.41) is 23.3. The maximum Gasteiger partial charge on any atom is 0.242 e. The molecule has 4 rings (SSSR count). The number of guanidine groups is 1. The van der Waals surface area contributed by atoms with E-state index in [0.717, 1.165) is 82.9 Å². The lowest BCUT2D eigenvalue weighted by molar-refractivity contribution is -0.134. The van der Waals surface area contributed by atoms with E-state index >= 15 is 0 Å². The summed E-state index contributed by atoms with van der Waals surface area (Å²) in [4.78, 5) is 29.4. The van der Waals surface area contributed by atoms with Gasteiger partial charge in [0.1, 0.15) is 6.04 Å². The van der Waals surface area contributed by atoms with Crippen molar-refractivity contribution in [3.8, 4) is 6.07 Å². The lowest BCUT2D eigenvalue weighted by atomic mass is 9.76. The van der Waals surface area contributed by atoms with Crippen LogP contribution < -0.4 is 16.4 Å². The summed E-state index contributed by atoms with van der Waals surface area (Å²) < 4.78 is 0. The number of carbonyl (C=O) groups excluding carboxylic acids is 2. The first-order valence-electron chi connectivity index (χ1n) is 15.1. The fourth-order valence-electron chi connectivity index (χ4n) is 6.84. The number of piperidine rings is 1. The molecule has 0 radical (unpaired) electrons. The van der Waals surface area contributed by atoms with Crippen LogP contribution in [0.1, 0.15) is 88.2 Å². The van der Waals surface area contributed by atoms with Crippen molar-refractivity contribution in [3.63, 3.8) is 0 Å². The van der Waals surface area contributed by atoms with Gasteiger partial charge in [-0.3, -0.25) is 15.0 Å². The molecule has 0 aromatic heterocycles. The van der Waals surface area contributed by atoms with Crippen LogP contribution in [-0.2, 0) is 16.0 Å². The molecule has 0 bridgehead atoms. The highest BCUT2D eigenvalue weighted by Crippen LogP contribution is 2.33. The van der Waals surface area contributed by atoms with Gasteiger partial charge in [-0.05, 0) is 80.4 Å². The smallest absolute Gasteiger partial charge is 0.242 e. The maximum absolute atomic E-state index is 14.0. The number of hydrogen-bond donors (Lipinski definition) is 4. The van der Waals surface area contributed by atoms with Crippen molar-refractivity contribution in [1.29, 1.82) is 10.7 Å². The molecule has 39 heavy (non-hydrogen) atoms. The summed E-state index contributed by atoms with van der Waals surface area (Å²) in [6.45, 7) is 2.09. The highest BCUT2D eigenvalue weighted by molar-refractivity contribution is 5.89. The second-order valence-electron chi connectivity index (χ2n) is 12.0. The number of nitrogens with zero attached hydrogens (tertiary/aromatic N) is 2. The minimum Gasteiger partial charge on any atom is -0.370 e. The van der Waals surface area contributed by atoms with Crippen LogP contribution in [0.25, 0.3) is 0 Å². The highest BCUT2D eigenvalue weighted by Gasteiger charge is 2.36. The van der Waals surface area contributed by atoms with Gasteiger partial charge in [0.15, 0.2) is 5.96 Å². The highest BCUT2D eigenvalue weighted by atomic mass is 16.2. The second-order valence-corrected chi connectivity index (χ2v) is 12.0. The molecule has 1 saturated heterocycles. The quantitative estimate of drug-likeness (QED) is 0.280. The molecule has 2 aliphatic carbocycles. The Labute approximate surface area is 233 Å². The molecule has 1 heterocycles. The van der Waals surface area contributed by atoms with Crippen LogP contribution in [0, 0.1) is 40.4 Å². The van der Waals surface area contributed by atoms with Crippen molar-refractivity contribution in [2.24, 2.45) is 29.4 Å². The van der Waals surface area contributed by atoms with Gasteiger partial charge in [0, 0.05) is 25.6 Å². The van der Waals surface area contributed by atoms with Crippen molar-refractivity contribution in [1.82, 2.24) is 15.5 Å². The molecule has 2 atom stereocenters. The van der Waals surface area contributed by atoms with Gasteiger partial charge in [0.25, 0.3) is 0 Å². The Bertz CT molecular complexity index is 999. The Morgan fingerprint density at radius 1 is 0.923 bits per heavy atom. The Morgan fingerprint density at radius 2 is 1.51 bits per heavy atom. The first-order valence-corrected chi connectivity index (χ1v) is 15.1. The fourth-order valence-corrected chi connectivity index (χ4v) is 6.84. The Kier molecular flexibility index (Phi) is 10.6. The third-order valence-corrected chi connectivity index (χ3v) is 9.32. The van der Waals surface area contributed by atoms with Gasteiger partial charge < -0.3 is 21.3 Å². The van der Waals surface area contributed by atoms with E-state index in [4.69, 9.17) is 11.1 Å². The van der Waals surface area contributed by atoms with Crippen LogP contribution in [0.15, 0.2) is 24.3 Å². The summed E-state index contributed by atoms with van der Waals surface area (Å²) in [5.74, 6) is 0.745. The SMILES string of the molecule is N#Cc1ccc(CC(C(=O)N[C@H](C(=O)NCC2CCN(C(=N)N)CC2)C2CCCCC2)C2CCCCC2)cc1. The molecular formula is C31H46N6O2. The Balaban J connectivity index is 1.43. The molecule has 1 aliphatic heterocycles. The van der Waals surface area contributed by atoms with Crippen LogP contribution in [0.2, 0.25) is 0 Å². The number of nitrogens with one attached hydrogen (secondary N) is 3. The predicted molar refractivity (Wildman–Crippen MR) is 153 cm³/mol. The summed E-state index contributed by atoms with van der Waals surface area (Å²) in [5.41, 5.74) is 7.32. The second kappa shape index (κ2) is 14.3. The van der Waals surface area contributed by atoms with Crippen molar-refractivity contribution in [2.45, 2.75) is 89.5 Å². The molecule has 3 aliphatic rings. The van der Waals surface area contributed by atoms with Crippen LogP contribution in [0.5, 0.6) is 0 Å². The number of benzene rings is 1. The average Bonchev–Trinajstić information content (AvgIpc) is 2.98. The number of rotatable bonds is 9. The first-order chi connectivity index (χ1) is 18.9. The number of likely N-dealkylation sites (tertiary alicyclic amines) is 1.